The highest BCUT2D eigenvalue weighted by molar-refractivity contribution is 7.89. The number of benzene rings is 2. The number of anilines is 2. The fourth-order valence-electron chi connectivity index (χ4n) is 4.32. The summed E-state index contributed by atoms with van der Waals surface area (Å²) in [4.78, 5) is 13.0. The van der Waals surface area contributed by atoms with E-state index in [1.54, 1.807) is 6.07 Å². The fourth-order valence-corrected chi connectivity index (χ4v) is 6.19. The van der Waals surface area contributed by atoms with Gasteiger partial charge in [-0.15, -0.1) is 0 Å². The maximum absolute atomic E-state index is 13.7. The van der Waals surface area contributed by atoms with Crippen LogP contribution in [0.5, 0.6) is 5.75 Å². The van der Waals surface area contributed by atoms with E-state index in [4.69, 9.17) is 21.4 Å². The second-order valence-corrected chi connectivity index (χ2v) is 10.8. The molecular weight excluding hydrogens is 476 g/mol. The van der Waals surface area contributed by atoms with Crippen molar-refractivity contribution in [2.45, 2.75) is 69.2 Å². The van der Waals surface area contributed by atoms with E-state index >= 15 is 0 Å². The molecule has 2 aromatic carbocycles. The van der Waals surface area contributed by atoms with Gasteiger partial charge in [-0.05, 0) is 31.0 Å². The van der Waals surface area contributed by atoms with Gasteiger partial charge in [-0.25, -0.2) is 13.1 Å². The number of hydrogen-bond donors (Lipinski definition) is 2. The second kappa shape index (κ2) is 11.4. The molecule has 2 N–H and O–H groups in total. The van der Waals surface area contributed by atoms with Gasteiger partial charge in [0.1, 0.15) is 10.6 Å². The quantitative estimate of drug-likeness (QED) is 0.401. The summed E-state index contributed by atoms with van der Waals surface area (Å²) in [5.41, 5.74) is 0.705. The molecule has 2 aromatic rings. The van der Waals surface area contributed by atoms with Crippen LogP contribution in [0.2, 0.25) is 5.02 Å². The van der Waals surface area contributed by atoms with Gasteiger partial charge in [0.05, 0.1) is 29.3 Å². The number of carboxylic acids is 1. The van der Waals surface area contributed by atoms with Crippen LogP contribution in [0.25, 0.3) is 0 Å². The Labute approximate surface area is 207 Å². The molecule has 0 bridgehead atoms. The lowest BCUT2D eigenvalue weighted by Gasteiger charge is -2.37. The molecule has 0 amide bonds. The molecule has 34 heavy (non-hydrogen) atoms. The number of fused-ring (bicyclic) bond motifs is 1. The first kappa shape index (κ1) is 26.3. The summed E-state index contributed by atoms with van der Waals surface area (Å²) in [6.07, 6.45) is 4.94. The largest absolute Gasteiger partial charge is 0.491 e. The molecule has 0 aliphatic carbocycles. The smallest absolute Gasteiger partial charge is 0.306 e. The van der Waals surface area contributed by atoms with E-state index in [-0.39, 0.29) is 28.7 Å². The predicted octanol–water partition coefficient (Wildman–Crippen LogP) is 5.74. The van der Waals surface area contributed by atoms with Gasteiger partial charge in [-0.3, -0.25) is 4.79 Å². The zero-order valence-electron chi connectivity index (χ0n) is 19.7. The van der Waals surface area contributed by atoms with Crippen molar-refractivity contribution < 1.29 is 23.1 Å². The van der Waals surface area contributed by atoms with Crippen molar-refractivity contribution in [2.75, 3.05) is 18.1 Å². The molecule has 7 nitrogen and oxygen atoms in total. The number of carbonyl (C=O) groups is 1. The lowest BCUT2D eigenvalue weighted by Crippen LogP contribution is -2.53. The minimum absolute atomic E-state index is 0.0703. The number of nitrogens with one attached hydrogen (secondary N) is 1. The van der Waals surface area contributed by atoms with Gasteiger partial charge in [-0.1, -0.05) is 69.3 Å². The molecule has 0 saturated heterocycles. The van der Waals surface area contributed by atoms with Gasteiger partial charge in [0.15, 0.2) is 0 Å². The summed E-state index contributed by atoms with van der Waals surface area (Å²) in [6.45, 7) is 4.56. The number of nitrogens with zero attached hydrogens (tertiary/aromatic N) is 1. The van der Waals surface area contributed by atoms with Crippen LogP contribution < -0.4 is 14.4 Å². The van der Waals surface area contributed by atoms with E-state index in [9.17, 15) is 13.2 Å². The number of para-hydroxylation sites is 1. The van der Waals surface area contributed by atoms with E-state index in [0.29, 0.717) is 12.2 Å². The van der Waals surface area contributed by atoms with Gasteiger partial charge in [-0.2, -0.15) is 0 Å². The van der Waals surface area contributed by atoms with Crippen LogP contribution in [0.1, 0.15) is 58.8 Å². The van der Waals surface area contributed by atoms with Crippen LogP contribution in [0, 0.1) is 0 Å². The Kier molecular flexibility index (Phi) is 8.84. The van der Waals surface area contributed by atoms with E-state index < -0.39 is 21.5 Å². The number of hydrogen-bond acceptors (Lipinski definition) is 5. The minimum atomic E-state index is -3.92. The van der Waals surface area contributed by atoms with Gasteiger partial charge >= 0.3 is 5.97 Å². The van der Waals surface area contributed by atoms with Crippen molar-refractivity contribution in [3.05, 3.63) is 47.5 Å². The Hall–Kier alpha value is -2.29. The summed E-state index contributed by atoms with van der Waals surface area (Å²) in [7, 11) is -3.92. The number of unbranched alkanes of at least 4 members (excludes halogenated alkanes) is 2. The first-order valence-corrected chi connectivity index (χ1v) is 13.6. The van der Waals surface area contributed by atoms with Crippen molar-refractivity contribution in [3.8, 4) is 5.75 Å². The molecule has 1 heterocycles. The molecule has 0 radical (unpaired) electrons. The third-order valence-corrected chi connectivity index (χ3v) is 7.97. The first-order valence-electron chi connectivity index (χ1n) is 11.8. The number of rotatable bonds is 11. The maximum atomic E-state index is 13.7. The third kappa shape index (κ3) is 6.23. The monoisotopic (exact) mass is 508 g/mol. The van der Waals surface area contributed by atoms with Crippen LogP contribution in [-0.4, -0.2) is 38.2 Å². The van der Waals surface area contributed by atoms with Crippen LogP contribution in [0.3, 0.4) is 0 Å². The Bertz CT molecular complexity index is 1080. The predicted molar refractivity (Wildman–Crippen MR) is 135 cm³/mol. The average molecular weight is 509 g/mol. The average Bonchev–Trinajstić information content (AvgIpc) is 2.89. The molecule has 0 fully saturated rings. The number of ether oxygens (including phenoxy) is 1. The molecule has 0 unspecified atom stereocenters. The lowest BCUT2D eigenvalue weighted by atomic mass is 9.87. The number of halogens is 1. The van der Waals surface area contributed by atoms with Gasteiger partial charge < -0.3 is 14.7 Å². The van der Waals surface area contributed by atoms with E-state index in [1.807, 2.05) is 35.2 Å². The normalized spacial score (nSPS) is 16.5. The van der Waals surface area contributed by atoms with Gasteiger partial charge in [0.2, 0.25) is 10.0 Å². The second-order valence-electron chi connectivity index (χ2n) is 8.76. The molecule has 0 spiro atoms. The fraction of sp³-hybridized carbons (Fsp3) is 0.480. The zero-order chi connectivity index (χ0) is 24.8. The van der Waals surface area contributed by atoms with Crippen LogP contribution >= 0.6 is 11.6 Å². The van der Waals surface area contributed by atoms with Crippen molar-refractivity contribution >= 4 is 39.0 Å². The Morgan fingerprint density at radius 3 is 2.38 bits per heavy atom. The van der Waals surface area contributed by atoms with E-state index in [0.717, 1.165) is 44.2 Å². The van der Waals surface area contributed by atoms with Crippen molar-refractivity contribution in [1.82, 2.24) is 4.72 Å². The molecule has 1 aliphatic rings. The van der Waals surface area contributed by atoms with E-state index in [2.05, 4.69) is 18.6 Å². The van der Waals surface area contributed by atoms with Crippen molar-refractivity contribution in [2.24, 2.45) is 0 Å². The van der Waals surface area contributed by atoms with Crippen molar-refractivity contribution in [3.63, 3.8) is 0 Å². The molecule has 186 valence electrons. The Balaban J connectivity index is 2.15. The SMILES string of the molecule is CCCCC1(CCCC)CN(c2ccccc2)c2cc(Cl)c(OCCC(=O)O)cc2S(=O)(=O)N1. The highest BCUT2D eigenvalue weighted by Crippen LogP contribution is 2.43. The Morgan fingerprint density at radius 1 is 1.15 bits per heavy atom. The van der Waals surface area contributed by atoms with Crippen LogP contribution in [0.15, 0.2) is 47.4 Å². The molecule has 0 atom stereocenters. The summed E-state index contributed by atoms with van der Waals surface area (Å²) >= 11 is 6.50. The standard InChI is InChI=1S/C25H33ClN2O5S/c1-3-5-13-25(14-6-4-2)18-28(19-10-8-7-9-11-19)21-16-20(26)22(33-15-12-24(29)30)17-23(21)34(31,32)27-25/h7-11,16-17,27H,3-6,12-15,18H2,1-2H3,(H,29,30). The summed E-state index contributed by atoms with van der Waals surface area (Å²) in [6, 6.07) is 12.7. The molecule has 0 aromatic heterocycles. The van der Waals surface area contributed by atoms with E-state index in [1.165, 1.54) is 6.07 Å². The molecule has 3 rings (SSSR count). The van der Waals surface area contributed by atoms with Gasteiger partial charge in [0.25, 0.3) is 0 Å². The molecule has 9 heteroatoms. The molecule has 1 aliphatic heterocycles. The van der Waals surface area contributed by atoms with Crippen molar-refractivity contribution in [1.29, 1.82) is 0 Å². The number of aliphatic carboxylic acids is 1. The first-order chi connectivity index (χ1) is 16.2. The Morgan fingerprint density at radius 2 is 1.79 bits per heavy atom. The highest BCUT2D eigenvalue weighted by atomic mass is 35.5. The lowest BCUT2D eigenvalue weighted by molar-refractivity contribution is -0.137. The molecular formula is C25H33ClN2O5S. The third-order valence-electron chi connectivity index (χ3n) is 6.06. The zero-order valence-corrected chi connectivity index (χ0v) is 21.3. The summed E-state index contributed by atoms with van der Waals surface area (Å²) in [5.74, 6) is -0.860. The van der Waals surface area contributed by atoms with Crippen LogP contribution in [0.4, 0.5) is 11.4 Å². The number of carboxylic acid groups (broad SMARTS) is 1. The highest BCUT2D eigenvalue weighted by Gasteiger charge is 2.42. The number of sulfonamides is 1. The summed E-state index contributed by atoms with van der Waals surface area (Å²) < 4.78 is 36.1. The van der Waals surface area contributed by atoms with Gasteiger partial charge in [0, 0.05) is 18.3 Å². The minimum Gasteiger partial charge on any atom is -0.491 e. The topological polar surface area (TPSA) is 95.9 Å². The molecule has 0 saturated carbocycles. The maximum Gasteiger partial charge on any atom is 0.306 e. The summed E-state index contributed by atoms with van der Waals surface area (Å²) in [5, 5.41) is 9.14. The van der Waals surface area contributed by atoms with Crippen LogP contribution in [-0.2, 0) is 14.8 Å².